The van der Waals surface area contributed by atoms with Gasteiger partial charge in [-0.05, 0) is 12.8 Å². The molecule has 0 radical (unpaired) electrons. The van der Waals surface area contributed by atoms with Crippen molar-refractivity contribution in [2.75, 3.05) is 19.8 Å². The van der Waals surface area contributed by atoms with E-state index in [0.29, 0.717) is 12.8 Å². The third-order valence-electron chi connectivity index (χ3n) is 13.5. The second-order valence-electron chi connectivity index (χ2n) is 19.3. The Morgan fingerprint density at radius 2 is 0.985 bits per heavy atom. The van der Waals surface area contributed by atoms with Crippen LogP contribution in [0.5, 0.6) is 0 Å². The number of ether oxygens (including phenoxy) is 4. The number of amides is 1. The van der Waals surface area contributed by atoms with Crippen LogP contribution in [0.15, 0.2) is 0 Å². The molecular weight excluding hydrogens is 855 g/mol. The molecule has 2 heterocycles. The van der Waals surface area contributed by atoms with Crippen LogP contribution < -0.4 is 5.32 Å². The van der Waals surface area contributed by atoms with Gasteiger partial charge in [-0.2, -0.15) is 0 Å². The van der Waals surface area contributed by atoms with Crippen LogP contribution in [-0.2, 0) is 23.7 Å². The molecule has 1 amide bonds. The summed E-state index contributed by atoms with van der Waals surface area (Å²) in [4.78, 5) is 13.3. The lowest BCUT2D eigenvalue weighted by atomic mass is 9.98. The van der Waals surface area contributed by atoms with Crippen molar-refractivity contribution in [3.8, 4) is 0 Å². The van der Waals surface area contributed by atoms with Gasteiger partial charge in [-0.1, -0.05) is 194 Å². The van der Waals surface area contributed by atoms with Crippen molar-refractivity contribution >= 4 is 5.91 Å². The van der Waals surface area contributed by atoms with Gasteiger partial charge in [0.15, 0.2) is 12.6 Å². The van der Waals surface area contributed by atoms with Crippen LogP contribution in [0.2, 0.25) is 0 Å². The summed E-state index contributed by atoms with van der Waals surface area (Å²) in [6, 6.07) is -1.28. The van der Waals surface area contributed by atoms with Crippen molar-refractivity contribution < 1.29 is 74.8 Å². The first-order valence-corrected chi connectivity index (χ1v) is 26.5. The van der Waals surface area contributed by atoms with Crippen molar-refractivity contribution in [2.24, 2.45) is 0 Å². The molecular formula is C50H97NO15. The van der Waals surface area contributed by atoms with Crippen molar-refractivity contribution in [3.05, 3.63) is 0 Å². The number of nitrogens with one attached hydrogen (secondary N) is 1. The minimum Gasteiger partial charge on any atom is -0.394 e. The molecule has 66 heavy (non-hydrogen) atoms. The van der Waals surface area contributed by atoms with Crippen LogP contribution in [0.4, 0.5) is 0 Å². The zero-order chi connectivity index (χ0) is 48.5. The fraction of sp³-hybridized carbons (Fsp3) is 0.980. The highest BCUT2D eigenvalue weighted by Crippen LogP contribution is 2.31. The van der Waals surface area contributed by atoms with Gasteiger partial charge >= 0.3 is 0 Å². The van der Waals surface area contributed by atoms with E-state index in [-0.39, 0.29) is 12.8 Å². The third-order valence-corrected chi connectivity index (χ3v) is 13.5. The smallest absolute Gasteiger partial charge is 0.249 e. The molecule has 14 unspecified atom stereocenters. The Morgan fingerprint density at radius 3 is 1.42 bits per heavy atom. The molecule has 2 aliphatic heterocycles. The van der Waals surface area contributed by atoms with E-state index in [1.165, 1.54) is 122 Å². The molecule has 392 valence electrons. The van der Waals surface area contributed by atoms with E-state index >= 15 is 0 Å². The van der Waals surface area contributed by atoms with E-state index < -0.39 is 111 Å². The minimum atomic E-state index is -1.82. The number of unbranched alkanes of at least 4 members (excludes halogenated alkanes) is 26. The Kier molecular flexibility index (Phi) is 34.9. The quantitative estimate of drug-likeness (QED) is 0.0362. The van der Waals surface area contributed by atoms with Gasteiger partial charge in [-0.3, -0.25) is 4.79 Å². The molecule has 14 atom stereocenters. The van der Waals surface area contributed by atoms with Gasteiger partial charge in [0.05, 0.1) is 32.0 Å². The first-order chi connectivity index (χ1) is 31.9. The second kappa shape index (κ2) is 37.7. The largest absolute Gasteiger partial charge is 0.394 e. The molecule has 0 spiro atoms. The number of hydrogen-bond acceptors (Lipinski definition) is 15. The Bertz CT molecular complexity index is 1160. The lowest BCUT2D eigenvalue weighted by Crippen LogP contribution is -2.62. The molecule has 0 aromatic heterocycles. The molecule has 0 aliphatic carbocycles. The Balaban J connectivity index is 1.89. The molecule has 16 heteroatoms. The number of aliphatic hydroxyl groups is 10. The Morgan fingerprint density at radius 1 is 0.545 bits per heavy atom. The molecule has 2 saturated heterocycles. The highest BCUT2D eigenvalue weighted by molar-refractivity contribution is 5.80. The summed E-state index contributed by atoms with van der Waals surface area (Å²) in [6.45, 7) is 2.36. The maximum Gasteiger partial charge on any atom is 0.249 e. The molecule has 0 aromatic rings. The zero-order valence-electron chi connectivity index (χ0n) is 40.9. The first-order valence-electron chi connectivity index (χ1n) is 26.5. The fourth-order valence-corrected chi connectivity index (χ4v) is 9.07. The van der Waals surface area contributed by atoms with Crippen molar-refractivity contribution in [1.29, 1.82) is 0 Å². The van der Waals surface area contributed by atoms with Gasteiger partial charge < -0.3 is 75.3 Å². The molecule has 2 fully saturated rings. The van der Waals surface area contributed by atoms with E-state index in [2.05, 4.69) is 19.2 Å². The van der Waals surface area contributed by atoms with Crippen LogP contribution in [-0.4, -0.2) is 163 Å². The molecule has 0 aromatic carbocycles. The van der Waals surface area contributed by atoms with Crippen LogP contribution >= 0.6 is 0 Å². The Labute approximate surface area is 397 Å². The average molecular weight is 952 g/mol. The van der Waals surface area contributed by atoms with E-state index in [4.69, 9.17) is 18.9 Å². The maximum absolute atomic E-state index is 13.3. The van der Waals surface area contributed by atoms with Crippen LogP contribution in [0.3, 0.4) is 0 Å². The number of aliphatic hydroxyl groups excluding tert-OH is 10. The van der Waals surface area contributed by atoms with Crippen LogP contribution in [0.1, 0.15) is 206 Å². The molecule has 0 saturated carbocycles. The van der Waals surface area contributed by atoms with Gasteiger partial charge in [0, 0.05) is 0 Å². The van der Waals surface area contributed by atoms with Gasteiger partial charge in [0.1, 0.15) is 61.0 Å². The van der Waals surface area contributed by atoms with E-state index in [0.717, 1.165) is 44.9 Å². The Hall–Kier alpha value is -1.09. The normalized spacial score (nSPS) is 26.9. The number of carbonyl (C=O) groups excluding carboxylic acids is 1. The fourth-order valence-electron chi connectivity index (χ4n) is 9.07. The van der Waals surface area contributed by atoms with Crippen LogP contribution in [0, 0.1) is 0 Å². The predicted molar refractivity (Wildman–Crippen MR) is 252 cm³/mol. The monoisotopic (exact) mass is 952 g/mol. The predicted octanol–water partition coefficient (Wildman–Crippen LogP) is 4.94. The van der Waals surface area contributed by atoms with Crippen molar-refractivity contribution in [3.63, 3.8) is 0 Å². The average Bonchev–Trinajstić information content (AvgIpc) is 3.60. The van der Waals surface area contributed by atoms with Gasteiger partial charge in [-0.25, -0.2) is 0 Å². The van der Waals surface area contributed by atoms with Crippen LogP contribution in [0.25, 0.3) is 0 Å². The molecule has 0 bridgehead atoms. The van der Waals surface area contributed by atoms with E-state index in [9.17, 15) is 55.9 Å². The van der Waals surface area contributed by atoms with Gasteiger partial charge in [0.2, 0.25) is 5.91 Å². The molecule has 2 rings (SSSR count). The SMILES string of the molecule is CCCCCCCCCCCCCCCCCCCCC(O)C(=O)NC(COC1OC(CO)C(O)C(OC2OC(C(O)CO)C(O)C2O)C1O)C(O)C(O)CCCCCCCCCCCC. The molecule has 16 nitrogen and oxygen atoms in total. The summed E-state index contributed by atoms with van der Waals surface area (Å²) in [6.07, 6.45) is 12.8. The number of rotatable bonds is 42. The summed E-state index contributed by atoms with van der Waals surface area (Å²) in [5.41, 5.74) is 0. The second-order valence-corrected chi connectivity index (χ2v) is 19.3. The summed E-state index contributed by atoms with van der Waals surface area (Å²) in [5.74, 6) is -0.763. The van der Waals surface area contributed by atoms with Gasteiger partial charge in [-0.15, -0.1) is 0 Å². The summed E-state index contributed by atoms with van der Waals surface area (Å²) in [7, 11) is 0. The highest BCUT2D eigenvalue weighted by Gasteiger charge is 2.52. The lowest BCUT2D eigenvalue weighted by molar-refractivity contribution is -0.332. The minimum absolute atomic E-state index is 0.203. The molecule has 11 N–H and O–H groups in total. The summed E-state index contributed by atoms with van der Waals surface area (Å²) >= 11 is 0. The number of carbonyl (C=O) groups is 1. The summed E-state index contributed by atoms with van der Waals surface area (Å²) < 4.78 is 22.5. The molecule has 2 aliphatic rings. The summed E-state index contributed by atoms with van der Waals surface area (Å²) in [5, 5.41) is 108. The lowest BCUT2D eigenvalue weighted by Gasteiger charge is -2.43. The van der Waals surface area contributed by atoms with Crippen molar-refractivity contribution in [1.82, 2.24) is 5.32 Å². The van der Waals surface area contributed by atoms with E-state index in [1.54, 1.807) is 0 Å². The number of hydrogen-bond donors (Lipinski definition) is 11. The van der Waals surface area contributed by atoms with Gasteiger partial charge in [0.25, 0.3) is 0 Å². The third kappa shape index (κ3) is 24.2. The van der Waals surface area contributed by atoms with Crippen molar-refractivity contribution in [2.45, 2.75) is 292 Å². The first kappa shape index (κ1) is 61.0. The maximum atomic E-state index is 13.3. The standard InChI is InChI=1S/C50H97NO15/c1-3-5-7-9-11-13-15-16-17-18-19-20-21-22-24-26-28-30-32-38(55)48(62)51-36(41(57)37(54)31-29-27-25-23-14-12-10-8-6-4-2)35-63-49-45(61)47(42(58)40(34-53)64-49)66-50-44(60)43(59)46(65-50)39(56)33-52/h36-47,49-50,52-61H,3-35H2,1-2H3,(H,51,62). The van der Waals surface area contributed by atoms with E-state index in [1.807, 2.05) is 0 Å². The zero-order valence-corrected chi connectivity index (χ0v) is 40.9. The topological polar surface area (TPSA) is 268 Å². The highest BCUT2D eigenvalue weighted by atomic mass is 16.7.